The lowest BCUT2D eigenvalue weighted by atomic mass is 10.4. The molecule has 17 heavy (non-hydrogen) atoms. The molecule has 0 rings (SSSR count). The van der Waals surface area contributed by atoms with Gasteiger partial charge in [-0.3, -0.25) is 5.73 Å². The first kappa shape index (κ1) is 21.5. The summed E-state index contributed by atoms with van der Waals surface area (Å²) in [6, 6.07) is 0. The SMILES string of the molecule is C=C(C)C(=O)OC(C)N.CCCC.CCCC. The molecule has 1 atom stereocenters. The lowest BCUT2D eigenvalue weighted by molar-refractivity contribution is -0.143. The van der Waals surface area contributed by atoms with Crippen molar-refractivity contribution in [3.05, 3.63) is 12.2 Å². The maximum absolute atomic E-state index is 10.6. The van der Waals surface area contributed by atoms with E-state index in [-0.39, 0.29) is 0 Å². The molecule has 0 bridgehead atoms. The van der Waals surface area contributed by atoms with Crippen LogP contribution in [-0.4, -0.2) is 12.2 Å². The normalized spacial score (nSPS) is 10.1. The predicted molar refractivity (Wildman–Crippen MR) is 75.7 cm³/mol. The molecule has 0 aliphatic carbocycles. The second kappa shape index (κ2) is 17.6. The second-order valence-corrected chi connectivity index (χ2v) is 3.89. The molecular formula is C14H31NO2. The van der Waals surface area contributed by atoms with E-state index < -0.39 is 12.2 Å². The van der Waals surface area contributed by atoms with Crippen molar-refractivity contribution in [1.82, 2.24) is 0 Å². The number of hydrogen-bond acceptors (Lipinski definition) is 3. The summed E-state index contributed by atoms with van der Waals surface area (Å²) in [4.78, 5) is 10.6. The van der Waals surface area contributed by atoms with Crippen molar-refractivity contribution >= 4 is 5.97 Å². The molecule has 0 saturated heterocycles. The van der Waals surface area contributed by atoms with Gasteiger partial charge in [-0.2, -0.15) is 0 Å². The first-order valence-electron chi connectivity index (χ1n) is 6.49. The highest BCUT2D eigenvalue weighted by Gasteiger charge is 2.03. The molecule has 0 aliphatic heterocycles. The van der Waals surface area contributed by atoms with Crippen molar-refractivity contribution in [1.29, 1.82) is 0 Å². The van der Waals surface area contributed by atoms with Gasteiger partial charge in [0, 0.05) is 5.57 Å². The third kappa shape index (κ3) is 31.3. The molecule has 0 fully saturated rings. The van der Waals surface area contributed by atoms with Crippen molar-refractivity contribution in [3.8, 4) is 0 Å². The number of hydrogen-bond donors (Lipinski definition) is 1. The van der Waals surface area contributed by atoms with Gasteiger partial charge in [0.25, 0.3) is 0 Å². The monoisotopic (exact) mass is 245 g/mol. The lowest BCUT2D eigenvalue weighted by Crippen LogP contribution is -2.23. The van der Waals surface area contributed by atoms with Gasteiger partial charge in [-0.15, -0.1) is 0 Å². The molecule has 104 valence electrons. The van der Waals surface area contributed by atoms with Gasteiger partial charge in [0.05, 0.1) is 0 Å². The Morgan fingerprint density at radius 3 is 1.47 bits per heavy atom. The topological polar surface area (TPSA) is 52.3 Å². The molecule has 0 amide bonds. The van der Waals surface area contributed by atoms with E-state index >= 15 is 0 Å². The van der Waals surface area contributed by atoms with Gasteiger partial charge in [0.1, 0.15) is 6.23 Å². The number of rotatable bonds is 4. The van der Waals surface area contributed by atoms with Crippen LogP contribution in [-0.2, 0) is 9.53 Å². The minimum Gasteiger partial charge on any atom is -0.444 e. The van der Waals surface area contributed by atoms with Crippen molar-refractivity contribution in [2.45, 2.75) is 73.5 Å². The van der Waals surface area contributed by atoms with E-state index in [4.69, 9.17) is 5.73 Å². The fourth-order valence-corrected chi connectivity index (χ4v) is 0.269. The van der Waals surface area contributed by atoms with Crippen molar-refractivity contribution in [2.75, 3.05) is 0 Å². The van der Waals surface area contributed by atoms with Crippen molar-refractivity contribution in [3.63, 3.8) is 0 Å². The third-order valence-corrected chi connectivity index (χ3v) is 1.64. The molecule has 0 spiro atoms. The van der Waals surface area contributed by atoms with Crippen LogP contribution in [0.5, 0.6) is 0 Å². The number of carbonyl (C=O) groups excluding carboxylic acids is 1. The van der Waals surface area contributed by atoms with E-state index in [0.29, 0.717) is 5.57 Å². The Bertz CT molecular complexity index is 169. The largest absolute Gasteiger partial charge is 0.444 e. The van der Waals surface area contributed by atoms with Gasteiger partial charge in [0.2, 0.25) is 0 Å². The van der Waals surface area contributed by atoms with Gasteiger partial charge < -0.3 is 4.74 Å². The van der Waals surface area contributed by atoms with Crippen LogP contribution in [0, 0.1) is 0 Å². The summed E-state index contributed by atoms with van der Waals surface area (Å²) < 4.78 is 4.55. The Morgan fingerprint density at radius 2 is 1.41 bits per heavy atom. The smallest absolute Gasteiger partial charge is 0.334 e. The summed E-state index contributed by atoms with van der Waals surface area (Å²) in [6.45, 7) is 15.3. The molecule has 0 saturated carbocycles. The van der Waals surface area contributed by atoms with E-state index in [1.54, 1.807) is 13.8 Å². The first-order valence-corrected chi connectivity index (χ1v) is 6.49. The van der Waals surface area contributed by atoms with Crippen LogP contribution in [0.3, 0.4) is 0 Å². The summed E-state index contributed by atoms with van der Waals surface area (Å²) in [7, 11) is 0. The molecule has 3 heteroatoms. The van der Waals surface area contributed by atoms with Crippen molar-refractivity contribution in [2.24, 2.45) is 5.73 Å². The quantitative estimate of drug-likeness (QED) is 0.462. The Balaban J connectivity index is -0.000000205. The first-order chi connectivity index (χ1) is 7.87. The number of ether oxygens (including phenoxy) is 1. The molecule has 0 aliphatic rings. The highest BCUT2D eigenvalue weighted by atomic mass is 16.6. The maximum Gasteiger partial charge on any atom is 0.334 e. The summed E-state index contributed by atoms with van der Waals surface area (Å²) >= 11 is 0. The number of nitrogens with two attached hydrogens (primary N) is 1. The molecule has 3 nitrogen and oxygen atoms in total. The average Bonchev–Trinajstić information content (AvgIpc) is 2.28. The highest BCUT2D eigenvalue weighted by Crippen LogP contribution is 1.92. The minimum absolute atomic E-state index is 0.368. The van der Waals surface area contributed by atoms with Crippen LogP contribution >= 0.6 is 0 Å². The van der Waals surface area contributed by atoms with E-state index in [1.807, 2.05) is 0 Å². The number of carbonyl (C=O) groups is 1. The minimum atomic E-state index is -0.547. The molecule has 0 radical (unpaired) electrons. The van der Waals surface area contributed by atoms with E-state index in [2.05, 4.69) is 39.0 Å². The molecule has 2 N–H and O–H groups in total. The number of unbranched alkanes of at least 4 members (excludes halogenated alkanes) is 2. The van der Waals surface area contributed by atoms with E-state index in [9.17, 15) is 4.79 Å². The fourth-order valence-electron chi connectivity index (χ4n) is 0.269. The molecule has 0 aromatic carbocycles. The highest BCUT2D eigenvalue weighted by molar-refractivity contribution is 5.86. The van der Waals surface area contributed by atoms with Crippen molar-refractivity contribution < 1.29 is 9.53 Å². The van der Waals surface area contributed by atoms with Gasteiger partial charge >= 0.3 is 5.97 Å². The second-order valence-electron chi connectivity index (χ2n) is 3.89. The zero-order valence-electron chi connectivity index (χ0n) is 12.5. The van der Waals surface area contributed by atoms with Gasteiger partial charge in [-0.25, -0.2) is 4.79 Å². The van der Waals surface area contributed by atoms with Gasteiger partial charge in [-0.1, -0.05) is 60.0 Å². The molecule has 1 unspecified atom stereocenters. The molecule has 0 heterocycles. The summed E-state index contributed by atoms with van der Waals surface area (Å²) in [5.74, 6) is -0.440. The zero-order valence-corrected chi connectivity index (χ0v) is 12.5. The molecule has 0 aromatic rings. The Labute approximate surface area is 107 Å². The van der Waals surface area contributed by atoms with Crippen LogP contribution in [0.1, 0.15) is 67.2 Å². The Kier molecular flexibility index (Phi) is 22.2. The van der Waals surface area contributed by atoms with E-state index in [0.717, 1.165) is 0 Å². The van der Waals surface area contributed by atoms with Crippen LogP contribution in [0.25, 0.3) is 0 Å². The lowest BCUT2D eigenvalue weighted by Gasteiger charge is -2.05. The maximum atomic E-state index is 10.6. The Morgan fingerprint density at radius 1 is 1.12 bits per heavy atom. The van der Waals surface area contributed by atoms with Gasteiger partial charge in [-0.05, 0) is 13.8 Å². The van der Waals surface area contributed by atoms with Crippen LogP contribution in [0.15, 0.2) is 12.2 Å². The van der Waals surface area contributed by atoms with E-state index in [1.165, 1.54) is 25.7 Å². The molecule has 0 aromatic heterocycles. The van der Waals surface area contributed by atoms with Crippen LogP contribution in [0.2, 0.25) is 0 Å². The predicted octanol–water partition coefficient (Wildman–Crippen LogP) is 4.02. The summed E-state index contributed by atoms with van der Waals surface area (Å²) in [5, 5.41) is 0. The standard InChI is InChI=1S/C6H11NO2.2C4H10/c1-4(2)6(8)9-5(3)7;2*1-3-4-2/h5H,1,7H2,2-3H3;2*3-4H2,1-2H3. The van der Waals surface area contributed by atoms with Crippen LogP contribution in [0.4, 0.5) is 0 Å². The fraction of sp³-hybridized carbons (Fsp3) is 0.786. The Hall–Kier alpha value is -0.830. The third-order valence-electron chi connectivity index (χ3n) is 1.64. The van der Waals surface area contributed by atoms with Crippen LogP contribution < -0.4 is 5.73 Å². The zero-order chi connectivity index (χ0) is 14.3. The summed E-state index contributed by atoms with van der Waals surface area (Å²) in [5.41, 5.74) is 5.51. The average molecular weight is 245 g/mol. The number of esters is 1. The summed E-state index contributed by atoms with van der Waals surface area (Å²) in [6.07, 6.45) is 4.73. The van der Waals surface area contributed by atoms with Gasteiger partial charge in [0.15, 0.2) is 0 Å². The molecular weight excluding hydrogens is 214 g/mol.